The minimum atomic E-state index is 0.302. The van der Waals surface area contributed by atoms with Crippen molar-refractivity contribution in [3.05, 3.63) is 28.2 Å². The molecule has 3 nitrogen and oxygen atoms in total. The zero-order valence-electron chi connectivity index (χ0n) is 12.6. The first kappa shape index (κ1) is 15.8. The molecule has 1 fully saturated rings. The van der Waals surface area contributed by atoms with E-state index in [9.17, 15) is 0 Å². The van der Waals surface area contributed by atoms with Crippen molar-refractivity contribution in [2.45, 2.75) is 45.6 Å². The van der Waals surface area contributed by atoms with Crippen molar-refractivity contribution >= 4 is 15.9 Å². The Morgan fingerprint density at radius 3 is 2.80 bits per heavy atom. The lowest BCUT2D eigenvalue weighted by atomic mass is 9.76. The van der Waals surface area contributed by atoms with Gasteiger partial charge in [-0.15, -0.1) is 0 Å². The third-order valence-electron chi connectivity index (χ3n) is 4.73. The molecule has 0 bridgehead atoms. The van der Waals surface area contributed by atoms with E-state index in [0.29, 0.717) is 17.4 Å². The number of halogens is 1. The van der Waals surface area contributed by atoms with Gasteiger partial charge in [-0.2, -0.15) is 0 Å². The normalized spacial score (nSPS) is 22.8. The zero-order chi connectivity index (χ0) is 14.8. The summed E-state index contributed by atoms with van der Waals surface area (Å²) in [5, 5.41) is 0. The molecule has 0 saturated heterocycles. The molecule has 2 unspecified atom stereocenters. The van der Waals surface area contributed by atoms with Gasteiger partial charge in [-0.3, -0.25) is 11.3 Å². The van der Waals surface area contributed by atoms with Crippen LogP contribution in [-0.2, 0) is 6.42 Å². The van der Waals surface area contributed by atoms with Gasteiger partial charge in [-0.1, -0.05) is 36.2 Å². The van der Waals surface area contributed by atoms with Crippen molar-refractivity contribution in [3.63, 3.8) is 0 Å². The topological polar surface area (TPSA) is 47.3 Å². The van der Waals surface area contributed by atoms with Gasteiger partial charge in [0, 0.05) is 10.5 Å². The van der Waals surface area contributed by atoms with Gasteiger partial charge in [-0.05, 0) is 54.4 Å². The first-order chi connectivity index (χ1) is 9.47. The van der Waals surface area contributed by atoms with Gasteiger partial charge >= 0.3 is 0 Å². The van der Waals surface area contributed by atoms with E-state index >= 15 is 0 Å². The molecular weight excluding hydrogens is 316 g/mol. The van der Waals surface area contributed by atoms with E-state index in [1.165, 1.54) is 24.8 Å². The lowest BCUT2D eigenvalue weighted by molar-refractivity contribution is 0.196. The Hall–Kier alpha value is -0.580. The summed E-state index contributed by atoms with van der Waals surface area (Å²) < 4.78 is 6.44. The summed E-state index contributed by atoms with van der Waals surface area (Å²) in [6.07, 6.45) is 4.76. The van der Waals surface area contributed by atoms with Crippen LogP contribution >= 0.6 is 15.9 Å². The Morgan fingerprint density at radius 2 is 2.25 bits per heavy atom. The van der Waals surface area contributed by atoms with Crippen molar-refractivity contribution in [1.82, 2.24) is 5.43 Å². The summed E-state index contributed by atoms with van der Waals surface area (Å²) in [7, 11) is 1.70. The number of hydrazine groups is 1. The minimum Gasteiger partial charge on any atom is -0.497 e. The second-order valence-corrected chi connectivity index (χ2v) is 7.28. The summed E-state index contributed by atoms with van der Waals surface area (Å²) >= 11 is 3.63. The summed E-state index contributed by atoms with van der Waals surface area (Å²) in [6, 6.07) is 6.41. The summed E-state index contributed by atoms with van der Waals surface area (Å²) in [4.78, 5) is 0. The third-order valence-corrected chi connectivity index (χ3v) is 5.51. The molecule has 0 amide bonds. The molecular formula is C16H25BrN2O. The molecule has 0 radical (unpaired) electrons. The van der Waals surface area contributed by atoms with Gasteiger partial charge in [0.15, 0.2) is 0 Å². The number of rotatable bonds is 5. The number of hydrogen-bond acceptors (Lipinski definition) is 3. The van der Waals surface area contributed by atoms with Crippen LogP contribution in [0.4, 0.5) is 0 Å². The van der Waals surface area contributed by atoms with Gasteiger partial charge < -0.3 is 4.74 Å². The molecule has 0 spiro atoms. The molecule has 1 aliphatic carbocycles. The zero-order valence-corrected chi connectivity index (χ0v) is 14.2. The number of ether oxygens (including phenoxy) is 1. The molecule has 2 atom stereocenters. The Balaban J connectivity index is 2.18. The largest absolute Gasteiger partial charge is 0.497 e. The highest BCUT2D eigenvalue weighted by Gasteiger charge is 2.39. The van der Waals surface area contributed by atoms with Crippen LogP contribution in [-0.4, -0.2) is 13.2 Å². The van der Waals surface area contributed by atoms with Crippen LogP contribution in [0.2, 0.25) is 0 Å². The monoisotopic (exact) mass is 340 g/mol. The lowest BCUT2D eigenvalue weighted by Gasteiger charge is -2.34. The Labute approximate surface area is 130 Å². The van der Waals surface area contributed by atoms with Crippen LogP contribution < -0.4 is 16.0 Å². The van der Waals surface area contributed by atoms with Gasteiger partial charge in [-0.25, -0.2) is 0 Å². The van der Waals surface area contributed by atoms with Crippen molar-refractivity contribution in [2.24, 2.45) is 17.2 Å². The molecule has 4 heteroatoms. The first-order valence-corrected chi connectivity index (χ1v) is 8.06. The SMILES string of the molecule is COc1ccc(Br)c(CC(NN)C2CCCC2(C)C)c1. The molecule has 20 heavy (non-hydrogen) atoms. The van der Waals surface area contributed by atoms with Gasteiger partial charge in [0.05, 0.1) is 7.11 Å². The van der Waals surface area contributed by atoms with Crippen LogP contribution in [0.1, 0.15) is 38.7 Å². The van der Waals surface area contributed by atoms with Crippen molar-refractivity contribution in [2.75, 3.05) is 7.11 Å². The maximum Gasteiger partial charge on any atom is 0.119 e. The second-order valence-electron chi connectivity index (χ2n) is 6.42. The molecule has 1 aromatic carbocycles. The smallest absolute Gasteiger partial charge is 0.119 e. The Bertz CT molecular complexity index is 462. The molecule has 112 valence electrons. The average molecular weight is 341 g/mol. The number of methoxy groups -OCH3 is 1. The van der Waals surface area contributed by atoms with Crippen molar-refractivity contribution in [1.29, 1.82) is 0 Å². The van der Waals surface area contributed by atoms with Crippen molar-refractivity contribution < 1.29 is 4.74 Å². The molecule has 0 aliphatic heterocycles. The highest BCUT2D eigenvalue weighted by Crippen LogP contribution is 2.45. The second kappa shape index (κ2) is 6.46. The number of hydrogen-bond donors (Lipinski definition) is 2. The predicted octanol–water partition coefficient (Wildman–Crippen LogP) is 3.66. The first-order valence-electron chi connectivity index (χ1n) is 7.26. The van der Waals surface area contributed by atoms with Crippen LogP contribution in [0, 0.1) is 11.3 Å². The van der Waals surface area contributed by atoms with Gasteiger partial charge in [0.25, 0.3) is 0 Å². The van der Waals surface area contributed by atoms with Crippen LogP contribution in [0.15, 0.2) is 22.7 Å². The molecule has 1 aliphatic rings. The molecule has 2 rings (SSSR count). The van der Waals surface area contributed by atoms with Crippen LogP contribution in [0.5, 0.6) is 5.75 Å². The number of nitrogens with two attached hydrogens (primary N) is 1. The number of benzene rings is 1. The maximum absolute atomic E-state index is 5.85. The van der Waals surface area contributed by atoms with E-state index in [4.69, 9.17) is 10.6 Å². The average Bonchev–Trinajstić information content (AvgIpc) is 2.77. The van der Waals surface area contributed by atoms with Gasteiger partial charge in [0.1, 0.15) is 5.75 Å². The van der Waals surface area contributed by atoms with E-state index < -0.39 is 0 Å². The minimum absolute atomic E-state index is 0.302. The maximum atomic E-state index is 5.85. The summed E-state index contributed by atoms with van der Waals surface area (Å²) in [6.45, 7) is 4.71. The fourth-order valence-corrected chi connectivity index (χ4v) is 3.90. The highest BCUT2D eigenvalue weighted by atomic mass is 79.9. The van der Waals surface area contributed by atoms with E-state index in [0.717, 1.165) is 16.6 Å². The molecule has 0 heterocycles. The standard InChI is InChI=1S/C16H25BrN2O/c1-16(2)8-4-5-13(16)15(19-18)10-11-9-12(20-3)6-7-14(11)17/h6-7,9,13,15,19H,4-5,8,10,18H2,1-3H3. The van der Waals surface area contributed by atoms with E-state index in [-0.39, 0.29) is 0 Å². The molecule has 3 N–H and O–H groups in total. The summed E-state index contributed by atoms with van der Waals surface area (Å²) in [5.41, 5.74) is 4.66. The molecule has 1 saturated carbocycles. The van der Waals surface area contributed by atoms with Crippen LogP contribution in [0.25, 0.3) is 0 Å². The highest BCUT2D eigenvalue weighted by molar-refractivity contribution is 9.10. The quantitative estimate of drug-likeness (QED) is 0.635. The molecule has 1 aromatic rings. The van der Waals surface area contributed by atoms with E-state index in [2.05, 4.69) is 41.3 Å². The third kappa shape index (κ3) is 3.35. The number of nitrogens with one attached hydrogen (secondary N) is 1. The summed E-state index contributed by atoms with van der Waals surface area (Å²) in [5.74, 6) is 7.36. The Kier molecular flexibility index (Phi) is 5.10. The fourth-order valence-electron chi connectivity index (χ4n) is 3.49. The fraction of sp³-hybridized carbons (Fsp3) is 0.625. The van der Waals surface area contributed by atoms with E-state index in [1.54, 1.807) is 7.11 Å². The molecule has 0 aromatic heterocycles. The van der Waals surface area contributed by atoms with E-state index in [1.807, 2.05) is 12.1 Å². The van der Waals surface area contributed by atoms with Crippen molar-refractivity contribution in [3.8, 4) is 5.75 Å². The van der Waals surface area contributed by atoms with Crippen LogP contribution in [0.3, 0.4) is 0 Å². The Morgan fingerprint density at radius 1 is 1.50 bits per heavy atom. The predicted molar refractivity (Wildman–Crippen MR) is 86.6 cm³/mol. The van der Waals surface area contributed by atoms with Gasteiger partial charge in [0.2, 0.25) is 0 Å². The lowest BCUT2D eigenvalue weighted by Crippen LogP contribution is -2.45.